The first-order chi connectivity index (χ1) is 11.1. The summed E-state index contributed by atoms with van der Waals surface area (Å²) in [6, 6.07) is 7.53. The lowest BCUT2D eigenvalue weighted by Gasteiger charge is -2.26. The van der Waals surface area contributed by atoms with E-state index in [0.717, 1.165) is 18.4 Å². The second-order valence-electron chi connectivity index (χ2n) is 5.78. The molecule has 1 aromatic carbocycles. The van der Waals surface area contributed by atoms with Crippen molar-refractivity contribution in [2.45, 2.75) is 32.7 Å². The number of rotatable bonds is 2. The first-order valence-corrected chi connectivity index (χ1v) is 7.66. The topological polar surface area (TPSA) is 75.4 Å². The van der Waals surface area contributed by atoms with Gasteiger partial charge in [-0.1, -0.05) is 23.4 Å². The highest BCUT2D eigenvalue weighted by Gasteiger charge is 2.34. The van der Waals surface area contributed by atoms with Crippen molar-refractivity contribution in [3.05, 3.63) is 47.2 Å². The highest BCUT2D eigenvalue weighted by Crippen LogP contribution is 2.34. The molecule has 1 aromatic heterocycles. The molecule has 3 rings (SSSR count). The molecular weight excluding hydrogens is 294 g/mol. The molecule has 23 heavy (non-hydrogen) atoms. The van der Waals surface area contributed by atoms with Gasteiger partial charge in [-0.3, -0.25) is 14.9 Å². The van der Waals surface area contributed by atoms with Gasteiger partial charge in [0.15, 0.2) is 5.82 Å². The summed E-state index contributed by atoms with van der Waals surface area (Å²) in [6.45, 7) is 4.70. The molecule has 1 aliphatic rings. The number of nitrogens with one attached hydrogen (secondary N) is 1. The first kappa shape index (κ1) is 15.3. The van der Waals surface area contributed by atoms with Crippen LogP contribution in [0.1, 0.15) is 35.6 Å². The van der Waals surface area contributed by atoms with E-state index in [9.17, 15) is 9.59 Å². The van der Waals surface area contributed by atoms with Gasteiger partial charge in [-0.2, -0.15) is 0 Å². The predicted molar refractivity (Wildman–Crippen MR) is 84.7 cm³/mol. The second kappa shape index (κ2) is 6.24. The second-order valence-corrected chi connectivity index (χ2v) is 5.78. The molecule has 0 radical (unpaired) electrons. The number of amides is 2. The molecule has 1 N–H and O–H groups in total. The van der Waals surface area contributed by atoms with Crippen LogP contribution in [-0.4, -0.2) is 28.4 Å². The Labute approximate surface area is 134 Å². The molecule has 1 saturated heterocycles. The summed E-state index contributed by atoms with van der Waals surface area (Å²) in [7, 11) is 0. The lowest BCUT2D eigenvalue weighted by molar-refractivity contribution is -0.143. The Kier molecular flexibility index (Phi) is 4.14. The van der Waals surface area contributed by atoms with Crippen LogP contribution in [0.5, 0.6) is 0 Å². The van der Waals surface area contributed by atoms with Crippen LogP contribution in [0.2, 0.25) is 0 Å². The van der Waals surface area contributed by atoms with Crippen LogP contribution in [0.4, 0.5) is 5.82 Å². The van der Waals surface area contributed by atoms with Crippen LogP contribution < -0.4 is 5.32 Å². The molecule has 0 bridgehead atoms. The number of aryl methyl sites for hydroxylation is 1. The van der Waals surface area contributed by atoms with Gasteiger partial charge in [0.1, 0.15) is 6.26 Å². The average Bonchev–Trinajstić information content (AvgIpc) is 3.20. The van der Waals surface area contributed by atoms with Gasteiger partial charge in [0.2, 0.25) is 0 Å². The molecule has 2 amide bonds. The smallest absolute Gasteiger partial charge is 0.315 e. The molecule has 0 aliphatic carbocycles. The first-order valence-electron chi connectivity index (χ1n) is 7.66. The molecule has 0 spiro atoms. The lowest BCUT2D eigenvalue weighted by atomic mass is 9.96. The Morgan fingerprint density at radius 3 is 2.87 bits per heavy atom. The van der Waals surface area contributed by atoms with Crippen molar-refractivity contribution < 1.29 is 14.1 Å². The number of nitrogens with zero attached hydrogens (tertiary/aromatic N) is 2. The quantitative estimate of drug-likeness (QED) is 0.865. The Bertz CT molecular complexity index is 725. The third-order valence-electron chi connectivity index (χ3n) is 4.39. The molecule has 2 aromatic rings. The number of carbonyl (C=O) groups is 2. The average molecular weight is 313 g/mol. The zero-order chi connectivity index (χ0) is 16.4. The van der Waals surface area contributed by atoms with E-state index in [1.54, 1.807) is 4.90 Å². The van der Waals surface area contributed by atoms with Crippen LogP contribution >= 0.6 is 0 Å². The van der Waals surface area contributed by atoms with E-state index in [4.69, 9.17) is 0 Å². The lowest BCUT2D eigenvalue weighted by Crippen LogP contribution is -2.39. The molecule has 1 aliphatic heterocycles. The van der Waals surface area contributed by atoms with E-state index >= 15 is 0 Å². The number of likely N-dealkylation sites (tertiary alicyclic amines) is 1. The number of anilines is 1. The van der Waals surface area contributed by atoms with Crippen molar-refractivity contribution in [1.82, 2.24) is 10.1 Å². The van der Waals surface area contributed by atoms with Gasteiger partial charge in [-0.15, -0.1) is 0 Å². The summed E-state index contributed by atoms with van der Waals surface area (Å²) in [6.07, 6.45) is 3.10. The molecule has 1 unspecified atom stereocenters. The van der Waals surface area contributed by atoms with Gasteiger partial charge < -0.3 is 9.42 Å². The van der Waals surface area contributed by atoms with Gasteiger partial charge in [0.25, 0.3) is 0 Å². The SMILES string of the molecule is Cc1cccc(C2CCCN2C(=O)C(=O)Nc2ccon2)c1C. The molecule has 120 valence electrons. The standard InChI is InChI=1S/C17H19N3O3/c1-11-5-3-6-13(12(11)2)14-7-4-9-20(14)17(22)16(21)18-15-8-10-23-19-15/h3,5-6,8,10,14H,4,7,9H2,1-2H3,(H,18,19,21). The van der Waals surface area contributed by atoms with Crippen molar-refractivity contribution in [3.63, 3.8) is 0 Å². The number of benzene rings is 1. The van der Waals surface area contributed by atoms with Gasteiger partial charge in [-0.25, -0.2) is 0 Å². The Hall–Kier alpha value is -2.63. The number of hydrogen-bond donors (Lipinski definition) is 1. The minimum atomic E-state index is -0.684. The molecular formula is C17H19N3O3. The predicted octanol–water partition coefficient (Wildman–Crippen LogP) is 2.59. The zero-order valence-electron chi connectivity index (χ0n) is 13.2. The Balaban J connectivity index is 1.79. The summed E-state index contributed by atoms with van der Waals surface area (Å²) in [5.74, 6) is -0.974. The zero-order valence-corrected chi connectivity index (χ0v) is 13.2. The van der Waals surface area contributed by atoms with Crippen molar-refractivity contribution >= 4 is 17.6 Å². The van der Waals surface area contributed by atoms with Crippen molar-refractivity contribution in [3.8, 4) is 0 Å². The maximum absolute atomic E-state index is 12.5. The van der Waals surface area contributed by atoms with E-state index in [-0.39, 0.29) is 11.9 Å². The fourth-order valence-corrected chi connectivity index (χ4v) is 3.05. The third-order valence-corrected chi connectivity index (χ3v) is 4.39. The van der Waals surface area contributed by atoms with E-state index < -0.39 is 11.8 Å². The maximum Gasteiger partial charge on any atom is 0.315 e. The van der Waals surface area contributed by atoms with Crippen LogP contribution in [-0.2, 0) is 9.59 Å². The fourth-order valence-electron chi connectivity index (χ4n) is 3.05. The highest BCUT2D eigenvalue weighted by molar-refractivity contribution is 6.39. The van der Waals surface area contributed by atoms with Crippen LogP contribution in [0.3, 0.4) is 0 Å². The van der Waals surface area contributed by atoms with Crippen LogP contribution in [0.15, 0.2) is 35.1 Å². The molecule has 6 nitrogen and oxygen atoms in total. The van der Waals surface area contributed by atoms with Gasteiger partial charge in [0.05, 0.1) is 6.04 Å². The van der Waals surface area contributed by atoms with Gasteiger partial charge >= 0.3 is 11.8 Å². The Morgan fingerprint density at radius 2 is 2.13 bits per heavy atom. The molecule has 0 saturated carbocycles. The fraction of sp³-hybridized carbons (Fsp3) is 0.353. The van der Waals surface area contributed by atoms with E-state index in [2.05, 4.69) is 34.9 Å². The van der Waals surface area contributed by atoms with E-state index in [0.29, 0.717) is 6.54 Å². The minimum absolute atomic E-state index is 0.0505. The van der Waals surface area contributed by atoms with Crippen molar-refractivity contribution in [2.75, 3.05) is 11.9 Å². The Morgan fingerprint density at radius 1 is 1.30 bits per heavy atom. The van der Waals surface area contributed by atoms with Crippen molar-refractivity contribution in [2.24, 2.45) is 0 Å². The van der Waals surface area contributed by atoms with Gasteiger partial charge in [-0.05, 0) is 43.4 Å². The van der Waals surface area contributed by atoms with Crippen LogP contribution in [0.25, 0.3) is 0 Å². The third kappa shape index (κ3) is 2.97. The number of carbonyl (C=O) groups excluding carboxylic acids is 2. The van der Waals surface area contributed by atoms with E-state index in [1.165, 1.54) is 23.5 Å². The minimum Gasteiger partial charge on any atom is -0.363 e. The summed E-state index contributed by atoms with van der Waals surface area (Å²) in [4.78, 5) is 26.3. The van der Waals surface area contributed by atoms with Crippen LogP contribution in [0, 0.1) is 13.8 Å². The highest BCUT2D eigenvalue weighted by atomic mass is 16.5. The summed E-state index contributed by atoms with van der Waals surface area (Å²) in [5, 5.41) is 6.05. The largest absolute Gasteiger partial charge is 0.363 e. The van der Waals surface area contributed by atoms with E-state index in [1.807, 2.05) is 12.1 Å². The normalized spacial score (nSPS) is 17.3. The molecule has 1 atom stereocenters. The number of hydrogen-bond acceptors (Lipinski definition) is 4. The molecule has 1 fully saturated rings. The molecule has 6 heteroatoms. The monoisotopic (exact) mass is 313 g/mol. The summed E-state index contributed by atoms with van der Waals surface area (Å²) in [5.41, 5.74) is 3.48. The number of aromatic nitrogens is 1. The van der Waals surface area contributed by atoms with Crippen molar-refractivity contribution in [1.29, 1.82) is 0 Å². The summed E-state index contributed by atoms with van der Waals surface area (Å²) >= 11 is 0. The molecule has 2 heterocycles. The van der Waals surface area contributed by atoms with Gasteiger partial charge in [0, 0.05) is 12.6 Å². The maximum atomic E-state index is 12.5. The summed E-state index contributed by atoms with van der Waals surface area (Å²) < 4.78 is 4.65.